The van der Waals surface area contributed by atoms with Gasteiger partial charge in [-0.15, -0.1) is 11.8 Å². The summed E-state index contributed by atoms with van der Waals surface area (Å²) in [7, 11) is 0. The molecule has 2 aromatic carbocycles. The second kappa shape index (κ2) is 6.78. The van der Waals surface area contributed by atoms with Crippen LogP contribution in [0.3, 0.4) is 0 Å². The molecule has 100 valence electrons. The van der Waals surface area contributed by atoms with Crippen LogP contribution >= 0.6 is 11.8 Å². The maximum absolute atomic E-state index is 11.9. The maximum atomic E-state index is 11.9. The van der Waals surface area contributed by atoms with Crippen LogP contribution in [0.15, 0.2) is 53.4 Å². The van der Waals surface area contributed by atoms with Crippen LogP contribution < -0.4 is 5.32 Å². The number of carbonyl (C=O) groups is 1. The summed E-state index contributed by atoms with van der Waals surface area (Å²) in [6, 6.07) is 17.1. The normalized spacial score (nSPS) is 9.80. The molecule has 0 fully saturated rings. The number of thioether (sulfide) groups is 1. The van der Waals surface area contributed by atoms with Gasteiger partial charge in [0, 0.05) is 4.90 Å². The number of nitrogens with zero attached hydrogens (tertiary/aromatic N) is 1. The zero-order valence-electron chi connectivity index (χ0n) is 11.1. The van der Waals surface area contributed by atoms with E-state index in [2.05, 4.69) is 11.4 Å². The quantitative estimate of drug-likeness (QED) is 0.872. The Kier molecular flexibility index (Phi) is 4.80. The molecule has 0 spiro atoms. The number of amides is 1. The number of nitriles is 1. The van der Waals surface area contributed by atoms with Crippen LogP contribution in [-0.2, 0) is 4.79 Å². The molecule has 1 amide bonds. The van der Waals surface area contributed by atoms with Crippen molar-refractivity contribution in [3.05, 3.63) is 59.7 Å². The molecule has 20 heavy (non-hydrogen) atoms. The minimum atomic E-state index is -0.112. The molecule has 0 radical (unpaired) electrons. The van der Waals surface area contributed by atoms with E-state index in [-0.39, 0.29) is 5.91 Å². The summed E-state index contributed by atoms with van der Waals surface area (Å²) in [5.74, 6) is 0.211. The van der Waals surface area contributed by atoms with Crippen LogP contribution in [0, 0.1) is 18.3 Å². The molecular formula is C16H14N2OS. The predicted molar refractivity (Wildman–Crippen MR) is 81.7 cm³/mol. The van der Waals surface area contributed by atoms with Crippen molar-refractivity contribution in [2.75, 3.05) is 11.1 Å². The van der Waals surface area contributed by atoms with Crippen molar-refractivity contribution < 1.29 is 4.79 Å². The third-order valence-electron chi connectivity index (χ3n) is 2.68. The van der Waals surface area contributed by atoms with Crippen LogP contribution in [0.4, 0.5) is 5.69 Å². The number of hydrogen-bond donors (Lipinski definition) is 1. The molecule has 0 saturated heterocycles. The average Bonchev–Trinajstić information content (AvgIpc) is 2.46. The summed E-state index contributed by atoms with van der Waals surface area (Å²) in [6.45, 7) is 2.02. The van der Waals surface area contributed by atoms with Gasteiger partial charge in [0.05, 0.1) is 17.0 Å². The van der Waals surface area contributed by atoms with E-state index in [9.17, 15) is 4.79 Å². The number of anilines is 1. The molecule has 3 nitrogen and oxygen atoms in total. The van der Waals surface area contributed by atoms with Gasteiger partial charge in [0.15, 0.2) is 0 Å². The van der Waals surface area contributed by atoms with E-state index in [0.29, 0.717) is 17.0 Å². The molecule has 1 N–H and O–H groups in total. The van der Waals surface area contributed by atoms with E-state index in [1.807, 2.05) is 31.2 Å². The fraction of sp³-hybridized carbons (Fsp3) is 0.125. The van der Waals surface area contributed by atoms with Gasteiger partial charge in [0.2, 0.25) is 5.91 Å². The third-order valence-corrected chi connectivity index (χ3v) is 3.67. The lowest BCUT2D eigenvalue weighted by Crippen LogP contribution is -2.14. The van der Waals surface area contributed by atoms with Gasteiger partial charge in [0.25, 0.3) is 0 Å². The molecule has 0 heterocycles. The van der Waals surface area contributed by atoms with E-state index >= 15 is 0 Å². The molecule has 2 aromatic rings. The van der Waals surface area contributed by atoms with Crippen molar-refractivity contribution in [1.82, 2.24) is 0 Å². The first-order valence-corrected chi connectivity index (χ1v) is 7.16. The van der Waals surface area contributed by atoms with Crippen molar-refractivity contribution in [3.8, 4) is 6.07 Å². The first-order valence-electron chi connectivity index (χ1n) is 6.17. The Morgan fingerprint density at radius 1 is 1.25 bits per heavy atom. The summed E-state index contributed by atoms with van der Waals surface area (Å²) in [6.07, 6.45) is 0. The van der Waals surface area contributed by atoms with Gasteiger partial charge in [-0.25, -0.2) is 0 Å². The minimum absolute atomic E-state index is 0.112. The number of hydrogen-bond acceptors (Lipinski definition) is 3. The van der Waals surface area contributed by atoms with Gasteiger partial charge >= 0.3 is 0 Å². The van der Waals surface area contributed by atoms with Crippen LogP contribution in [0.5, 0.6) is 0 Å². The van der Waals surface area contributed by atoms with Crippen LogP contribution in [0.25, 0.3) is 0 Å². The van der Waals surface area contributed by atoms with E-state index in [1.165, 1.54) is 17.3 Å². The fourth-order valence-corrected chi connectivity index (χ4v) is 2.54. The molecule has 0 saturated carbocycles. The summed E-state index contributed by atoms with van der Waals surface area (Å²) in [5.41, 5.74) is 2.21. The van der Waals surface area contributed by atoms with Gasteiger partial charge in [0.1, 0.15) is 6.07 Å². The smallest absolute Gasteiger partial charge is 0.234 e. The Morgan fingerprint density at radius 3 is 2.80 bits per heavy atom. The second-order valence-electron chi connectivity index (χ2n) is 4.31. The molecule has 0 aliphatic rings. The Balaban J connectivity index is 1.95. The zero-order chi connectivity index (χ0) is 14.4. The van der Waals surface area contributed by atoms with Crippen LogP contribution in [0.1, 0.15) is 11.1 Å². The van der Waals surface area contributed by atoms with E-state index in [1.54, 1.807) is 24.3 Å². The summed E-state index contributed by atoms with van der Waals surface area (Å²) >= 11 is 1.48. The number of rotatable bonds is 4. The fourth-order valence-electron chi connectivity index (χ4n) is 1.73. The topological polar surface area (TPSA) is 52.9 Å². The molecule has 0 atom stereocenters. The SMILES string of the molecule is Cc1cccc(SCC(=O)Nc2ccccc2C#N)c1. The Hall–Kier alpha value is -2.25. The Morgan fingerprint density at radius 2 is 2.05 bits per heavy atom. The molecular weight excluding hydrogens is 268 g/mol. The number of aryl methyl sites for hydroxylation is 1. The molecule has 0 bridgehead atoms. The van der Waals surface area contributed by atoms with E-state index < -0.39 is 0 Å². The van der Waals surface area contributed by atoms with Gasteiger partial charge in [-0.1, -0.05) is 29.8 Å². The highest BCUT2D eigenvalue weighted by molar-refractivity contribution is 8.00. The Labute approximate surface area is 122 Å². The Bertz CT molecular complexity index is 662. The first kappa shape index (κ1) is 14.2. The van der Waals surface area contributed by atoms with Gasteiger partial charge in [-0.2, -0.15) is 5.26 Å². The summed E-state index contributed by atoms with van der Waals surface area (Å²) in [5, 5.41) is 11.7. The highest BCUT2D eigenvalue weighted by Crippen LogP contribution is 2.20. The van der Waals surface area contributed by atoms with Crippen LogP contribution in [-0.4, -0.2) is 11.7 Å². The standard InChI is InChI=1S/C16H14N2OS/c1-12-5-4-7-14(9-12)20-11-16(19)18-15-8-3-2-6-13(15)10-17/h2-9H,11H2,1H3,(H,18,19). The molecule has 0 aromatic heterocycles. The summed E-state index contributed by atoms with van der Waals surface area (Å²) in [4.78, 5) is 13.0. The maximum Gasteiger partial charge on any atom is 0.234 e. The highest BCUT2D eigenvalue weighted by Gasteiger charge is 2.06. The van der Waals surface area contributed by atoms with Crippen molar-refractivity contribution >= 4 is 23.4 Å². The number of nitrogens with one attached hydrogen (secondary N) is 1. The van der Waals surface area contributed by atoms with E-state index in [0.717, 1.165) is 4.90 Å². The van der Waals surface area contributed by atoms with Crippen molar-refractivity contribution in [2.45, 2.75) is 11.8 Å². The van der Waals surface area contributed by atoms with Gasteiger partial charge < -0.3 is 5.32 Å². The summed E-state index contributed by atoms with van der Waals surface area (Å²) < 4.78 is 0. The lowest BCUT2D eigenvalue weighted by atomic mass is 10.2. The lowest BCUT2D eigenvalue weighted by molar-refractivity contribution is -0.113. The van der Waals surface area contributed by atoms with Crippen molar-refractivity contribution in [2.24, 2.45) is 0 Å². The zero-order valence-corrected chi connectivity index (χ0v) is 11.9. The highest BCUT2D eigenvalue weighted by atomic mass is 32.2. The second-order valence-corrected chi connectivity index (χ2v) is 5.36. The average molecular weight is 282 g/mol. The first-order chi connectivity index (χ1) is 9.69. The molecule has 0 unspecified atom stereocenters. The third kappa shape index (κ3) is 3.87. The van der Waals surface area contributed by atoms with Gasteiger partial charge in [-0.3, -0.25) is 4.79 Å². The van der Waals surface area contributed by atoms with Gasteiger partial charge in [-0.05, 0) is 31.2 Å². The molecule has 0 aliphatic heterocycles. The van der Waals surface area contributed by atoms with Crippen molar-refractivity contribution in [1.29, 1.82) is 5.26 Å². The monoisotopic (exact) mass is 282 g/mol. The molecule has 4 heteroatoms. The van der Waals surface area contributed by atoms with Crippen LogP contribution in [0.2, 0.25) is 0 Å². The largest absolute Gasteiger partial charge is 0.324 e. The van der Waals surface area contributed by atoms with Crippen molar-refractivity contribution in [3.63, 3.8) is 0 Å². The number of benzene rings is 2. The molecule has 0 aliphatic carbocycles. The molecule has 2 rings (SSSR count). The number of carbonyl (C=O) groups excluding carboxylic acids is 1. The van der Waals surface area contributed by atoms with E-state index in [4.69, 9.17) is 5.26 Å². The predicted octanol–water partition coefficient (Wildman–Crippen LogP) is 3.60. The number of para-hydroxylation sites is 1. The lowest BCUT2D eigenvalue weighted by Gasteiger charge is -2.07. The minimum Gasteiger partial charge on any atom is -0.324 e.